The molecule has 0 bridgehead atoms. The second-order valence-corrected chi connectivity index (χ2v) is 10.9. The van der Waals surface area contributed by atoms with Crippen LogP contribution >= 0.6 is 0 Å². The third kappa shape index (κ3) is 5.58. The van der Waals surface area contributed by atoms with Crippen LogP contribution in [0, 0.1) is 0 Å². The minimum atomic E-state index is -4.57. The predicted octanol–water partition coefficient (Wildman–Crippen LogP) is 2.22. The Morgan fingerprint density at radius 1 is 0.938 bits per heavy atom. The van der Waals surface area contributed by atoms with E-state index in [2.05, 4.69) is 4.72 Å². The number of hydrogen-bond donors (Lipinski definition) is 1. The van der Waals surface area contributed by atoms with E-state index in [-0.39, 0.29) is 42.3 Å². The van der Waals surface area contributed by atoms with Crippen molar-refractivity contribution < 1.29 is 34.8 Å². The molecule has 2 aromatic rings. The number of carbonyl (C=O) groups is 1. The van der Waals surface area contributed by atoms with Gasteiger partial charge in [-0.2, -0.15) is 17.5 Å². The van der Waals surface area contributed by atoms with E-state index in [1.165, 1.54) is 29.2 Å². The van der Waals surface area contributed by atoms with E-state index >= 15 is 0 Å². The monoisotopic (exact) mass is 491 g/mol. The summed E-state index contributed by atoms with van der Waals surface area (Å²) in [5, 5.41) is 0. The molecule has 1 aliphatic rings. The summed E-state index contributed by atoms with van der Waals surface area (Å²) in [6.07, 6.45) is -3.58. The van der Waals surface area contributed by atoms with Gasteiger partial charge in [-0.3, -0.25) is 9.52 Å². The van der Waals surface area contributed by atoms with Crippen molar-refractivity contribution in [3.63, 3.8) is 0 Å². The largest absolute Gasteiger partial charge is 0.416 e. The van der Waals surface area contributed by atoms with Gasteiger partial charge in [0.15, 0.2) is 0 Å². The minimum Gasteiger partial charge on any atom is -0.336 e. The topological polar surface area (TPSA) is 104 Å². The molecule has 0 aromatic heterocycles. The quantitative estimate of drug-likeness (QED) is 0.691. The molecule has 1 fully saturated rings. The van der Waals surface area contributed by atoms with E-state index in [4.69, 9.17) is 0 Å². The Morgan fingerprint density at radius 3 is 2.06 bits per heavy atom. The molecular formula is C19H20F3N3O5S2. The van der Waals surface area contributed by atoms with Gasteiger partial charge in [-0.15, -0.1) is 0 Å². The Hall–Kier alpha value is -2.64. The molecule has 8 nitrogen and oxygen atoms in total. The van der Waals surface area contributed by atoms with Crippen molar-refractivity contribution in [1.29, 1.82) is 0 Å². The van der Waals surface area contributed by atoms with Crippen molar-refractivity contribution >= 4 is 31.6 Å². The summed E-state index contributed by atoms with van der Waals surface area (Å²) in [6.45, 7) is 0.0810. The first kappa shape index (κ1) is 24.0. The predicted molar refractivity (Wildman–Crippen MR) is 111 cm³/mol. The van der Waals surface area contributed by atoms with Gasteiger partial charge >= 0.3 is 6.18 Å². The smallest absolute Gasteiger partial charge is 0.336 e. The lowest BCUT2D eigenvalue weighted by molar-refractivity contribution is -0.137. The summed E-state index contributed by atoms with van der Waals surface area (Å²) in [7, 11) is -7.53. The van der Waals surface area contributed by atoms with Crippen LogP contribution in [0.1, 0.15) is 15.9 Å². The van der Waals surface area contributed by atoms with Crippen LogP contribution in [-0.4, -0.2) is 64.4 Å². The molecule has 174 valence electrons. The molecule has 1 N–H and O–H groups in total. The Morgan fingerprint density at radius 2 is 1.53 bits per heavy atom. The molecule has 1 saturated heterocycles. The molecule has 0 atom stereocenters. The second-order valence-electron chi connectivity index (χ2n) is 7.17. The van der Waals surface area contributed by atoms with Gasteiger partial charge in [0.25, 0.3) is 5.91 Å². The first-order valence-corrected chi connectivity index (χ1v) is 12.6. The van der Waals surface area contributed by atoms with E-state index in [0.29, 0.717) is 12.1 Å². The maximum Gasteiger partial charge on any atom is 0.416 e. The van der Waals surface area contributed by atoms with Gasteiger partial charge in [-0.1, -0.05) is 6.07 Å². The van der Waals surface area contributed by atoms with Crippen molar-refractivity contribution in [2.75, 3.05) is 37.2 Å². The molecule has 0 spiro atoms. The van der Waals surface area contributed by atoms with Gasteiger partial charge in [-0.05, 0) is 42.5 Å². The van der Waals surface area contributed by atoms with Gasteiger partial charge < -0.3 is 4.90 Å². The highest BCUT2D eigenvalue weighted by Gasteiger charge is 2.33. The summed E-state index contributed by atoms with van der Waals surface area (Å²) in [5.74, 6) is -0.395. The molecule has 3 rings (SSSR count). The number of hydrogen-bond acceptors (Lipinski definition) is 5. The highest BCUT2D eigenvalue weighted by Crippen LogP contribution is 2.30. The number of benzene rings is 2. The molecule has 13 heteroatoms. The number of carbonyl (C=O) groups excluding carboxylic acids is 1. The van der Waals surface area contributed by atoms with Crippen LogP contribution < -0.4 is 4.72 Å². The summed E-state index contributed by atoms with van der Waals surface area (Å²) in [6, 6.07) is 9.16. The zero-order chi connectivity index (χ0) is 23.7. The van der Waals surface area contributed by atoms with Crippen LogP contribution in [0.5, 0.6) is 0 Å². The van der Waals surface area contributed by atoms with Crippen molar-refractivity contribution in [3.8, 4) is 0 Å². The third-order valence-corrected chi connectivity index (χ3v) is 7.28. The van der Waals surface area contributed by atoms with Crippen LogP contribution in [0.25, 0.3) is 0 Å². The fraction of sp³-hybridized carbons (Fsp3) is 0.316. The standard InChI is InChI=1S/C19H20F3N3O5S2/c1-31(27,28)23-16-4-2-3-14(13-16)18(26)24-9-11-25(12-10-24)32(29,30)17-7-5-15(6-8-17)19(20,21)22/h2-8,13,23H,9-12H2,1H3. The van der Waals surface area contributed by atoms with E-state index in [1.54, 1.807) is 0 Å². The average molecular weight is 492 g/mol. The lowest BCUT2D eigenvalue weighted by Gasteiger charge is -2.34. The summed E-state index contributed by atoms with van der Waals surface area (Å²) in [5.41, 5.74) is -0.487. The lowest BCUT2D eigenvalue weighted by atomic mass is 10.1. The summed E-state index contributed by atoms with van der Waals surface area (Å²) in [4.78, 5) is 13.9. The van der Waals surface area contributed by atoms with Crippen molar-refractivity contribution in [2.45, 2.75) is 11.1 Å². The highest BCUT2D eigenvalue weighted by atomic mass is 32.2. The van der Waals surface area contributed by atoms with Crippen molar-refractivity contribution in [3.05, 3.63) is 59.7 Å². The molecule has 0 radical (unpaired) electrons. The fourth-order valence-corrected chi connectivity index (χ4v) is 5.19. The van der Waals surface area contributed by atoms with Crippen LogP contribution in [0.4, 0.5) is 18.9 Å². The number of anilines is 1. The van der Waals surface area contributed by atoms with Crippen molar-refractivity contribution in [2.24, 2.45) is 0 Å². The van der Waals surface area contributed by atoms with E-state index in [0.717, 1.165) is 22.7 Å². The molecule has 0 saturated carbocycles. The summed E-state index contributed by atoms with van der Waals surface area (Å²) < 4.78 is 89.8. The third-order valence-electron chi connectivity index (χ3n) is 4.76. The number of halogens is 3. The first-order valence-electron chi connectivity index (χ1n) is 9.32. The highest BCUT2D eigenvalue weighted by molar-refractivity contribution is 7.92. The second kappa shape index (κ2) is 8.71. The Balaban J connectivity index is 1.68. The number of sulfonamides is 2. The molecule has 0 aliphatic carbocycles. The molecule has 32 heavy (non-hydrogen) atoms. The van der Waals surface area contributed by atoms with Crippen molar-refractivity contribution in [1.82, 2.24) is 9.21 Å². The molecule has 1 amide bonds. The number of rotatable bonds is 5. The summed E-state index contributed by atoms with van der Waals surface area (Å²) >= 11 is 0. The Bertz CT molecular complexity index is 1210. The maximum atomic E-state index is 12.7. The van der Waals surface area contributed by atoms with Crippen LogP contribution in [0.2, 0.25) is 0 Å². The van der Waals surface area contributed by atoms with E-state index in [1.807, 2.05) is 0 Å². The number of nitrogens with one attached hydrogen (secondary N) is 1. The van der Waals surface area contributed by atoms with Gasteiger partial charge in [0.05, 0.1) is 16.7 Å². The van der Waals surface area contributed by atoms with Crippen LogP contribution in [-0.2, 0) is 26.2 Å². The molecular weight excluding hydrogens is 471 g/mol. The number of alkyl halides is 3. The van der Waals surface area contributed by atoms with E-state index < -0.39 is 37.7 Å². The number of amides is 1. The molecule has 1 aliphatic heterocycles. The van der Waals surface area contributed by atoms with Gasteiger partial charge in [-0.25, -0.2) is 16.8 Å². The van der Waals surface area contributed by atoms with Gasteiger partial charge in [0.1, 0.15) is 0 Å². The normalized spacial score (nSPS) is 16.1. The zero-order valence-corrected chi connectivity index (χ0v) is 18.5. The fourth-order valence-electron chi connectivity index (χ4n) is 3.21. The maximum absolute atomic E-state index is 12.7. The zero-order valence-electron chi connectivity index (χ0n) is 16.8. The Labute approximate surface area is 183 Å². The van der Waals surface area contributed by atoms with Crippen LogP contribution in [0.3, 0.4) is 0 Å². The molecule has 2 aromatic carbocycles. The number of nitrogens with zero attached hydrogens (tertiary/aromatic N) is 2. The van der Waals surface area contributed by atoms with E-state index in [9.17, 15) is 34.8 Å². The molecule has 1 heterocycles. The minimum absolute atomic E-state index is 0.0314. The van der Waals surface area contributed by atoms with Gasteiger partial charge in [0, 0.05) is 37.4 Å². The number of piperazine rings is 1. The van der Waals surface area contributed by atoms with Crippen LogP contribution in [0.15, 0.2) is 53.4 Å². The Kier molecular flexibility index (Phi) is 6.54. The molecule has 0 unspecified atom stereocenters. The SMILES string of the molecule is CS(=O)(=O)Nc1cccc(C(=O)N2CCN(S(=O)(=O)c3ccc(C(F)(F)F)cc3)CC2)c1. The average Bonchev–Trinajstić information content (AvgIpc) is 2.72. The lowest BCUT2D eigenvalue weighted by Crippen LogP contribution is -2.50. The van der Waals surface area contributed by atoms with Gasteiger partial charge in [0.2, 0.25) is 20.0 Å². The first-order chi connectivity index (χ1) is 14.8.